The molecule has 0 bridgehead atoms. The van der Waals surface area contributed by atoms with E-state index in [4.69, 9.17) is 16.3 Å². The van der Waals surface area contributed by atoms with Crippen LogP contribution in [0.1, 0.15) is 13.8 Å². The molecule has 1 aliphatic heterocycles. The molecule has 2 amide bonds. The van der Waals surface area contributed by atoms with Crippen molar-refractivity contribution in [1.29, 1.82) is 0 Å². The normalized spacial score (nSPS) is 18.2. The summed E-state index contributed by atoms with van der Waals surface area (Å²) >= 11 is 5.47. The van der Waals surface area contributed by atoms with Gasteiger partial charge in [-0.1, -0.05) is 31.2 Å². The molecule has 1 atom stereocenters. The van der Waals surface area contributed by atoms with Crippen molar-refractivity contribution >= 4 is 29.3 Å². The minimum Gasteiger partial charge on any atom is -0.871 e. The summed E-state index contributed by atoms with van der Waals surface area (Å²) in [4.78, 5) is 24.1. The maximum atomic E-state index is 13.7. The van der Waals surface area contributed by atoms with Gasteiger partial charge in [-0.25, -0.2) is 14.1 Å². The number of ether oxygens (including phenoxy) is 1. The van der Waals surface area contributed by atoms with E-state index >= 15 is 0 Å². The number of halogens is 2. The van der Waals surface area contributed by atoms with Crippen molar-refractivity contribution < 1.29 is 53.4 Å². The summed E-state index contributed by atoms with van der Waals surface area (Å²) in [6, 6.07) is 1.57. The van der Waals surface area contributed by atoms with E-state index in [1.807, 2.05) is 0 Å². The molecule has 1 aliphatic rings. The molecule has 1 aromatic rings. The minimum absolute atomic E-state index is 0. The predicted molar refractivity (Wildman–Crippen MR) is 63.4 cm³/mol. The number of rotatable bonds is 2. The number of cyclic esters (lactones) is 1. The van der Waals surface area contributed by atoms with Crippen molar-refractivity contribution in [1.82, 2.24) is 0 Å². The van der Waals surface area contributed by atoms with E-state index in [0.29, 0.717) is 4.90 Å². The molecule has 1 heterocycles. The molecule has 0 N–H and O–H groups in total. The first-order valence-electron chi connectivity index (χ1n) is 5.53. The third-order valence-corrected chi connectivity index (χ3v) is 3.02. The summed E-state index contributed by atoms with van der Waals surface area (Å²) in [6.45, 7) is 3.38. The van der Waals surface area contributed by atoms with Crippen molar-refractivity contribution in [2.75, 3.05) is 4.90 Å². The number of amides is 2. The van der Waals surface area contributed by atoms with Crippen LogP contribution in [0.15, 0.2) is 12.1 Å². The molecule has 1 aromatic carbocycles. The topological polar surface area (TPSA) is 69.7 Å². The van der Waals surface area contributed by atoms with Crippen LogP contribution in [0.3, 0.4) is 0 Å². The summed E-state index contributed by atoms with van der Waals surface area (Å²) in [7, 11) is 0. The molecular weight excluding hydrogens is 300 g/mol. The van der Waals surface area contributed by atoms with Gasteiger partial charge in [0.05, 0.1) is 5.69 Å². The second-order valence-corrected chi connectivity index (χ2v) is 4.86. The van der Waals surface area contributed by atoms with Crippen LogP contribution in [0.4, 0.5) is 14.9 Å². The zero-order chi connectivity index (χ0) is 14.3. The standard InChI is InChI=1S/C12H11ClFNO4.Na/c1-5(2)10-11(17)15(12(18)19-10)8-4-9(16)6(13)3-7(8)14;/h3-5,10,16H,1-2H3;/q;+1/p-1. The van der Waals surface area contributed by atoms with Crippen LogP contribution in [0, 0.1) is 11.7 Å². The Balaban J connectivity index is 0.00000200. The Bertz CT molecular complexity index is 567. The third kappa shape index (κ3) is 2.93. The monoisotopic (exact) mass is 309 g/mol. The van der Waals surface area contributed by atoms with E-state index < -0.39 is 35.4 Å². The van der Waals surface area contributed by atoms with E-state index in [9.17, 15) is 19.1 Å². The number of anilines is 1. The Hall–Kier alpha value is -0.820. The first-order chi connectivity index (χ1) is 8.82. The smallest absolute Gasteiger partial charge is 0.871 e. The van der Waals surface area contributed by atoms with E-state index in [2.05, 4.69) is 0 Å². The molecule has 1 fully saturated rings. The fraction of sp³-hybridized carbons (Fsp3) is 0.333. The van der Waals surface area contributed by atoms with Gasteiger partial charge in [0, 0.05) is 5.02 Å². The zero-order valence-electron chi connectivity index (χ0n) is 11.1. The number of carbonyl (C=O) groups excluding carboxylic acids is 2. The van der Waals surface area contributed by atoms with Crippen LogP contribution in [0.2, 0.25) is 5.02 Å². The maximum Gasteiger partial charge on any atom is 1.00 e. The van der Waals surface area contributed by atoms with Gasteiger partial charge < -0.3 is 9.84 Å². The van der Waals surface area contributed by atoms with Crippen LogP contribution in [0.25, 0.3) is 0 Å². The number of hydrogen-bond acceptors (Lipinski definition) is 4. The van der Waals surface area contributed by atoms with Crippen molar-refractivity contribution in [2.24, 2.45) is 5.92 Å². The molecule has 8 heteroatoms. The quantitative estimate of drug-likeness (QED) is 0.662. The summed E-state index contributed by atoms with van der Waals surface area (Å²) in [6.07, 6.45) is -1.97. The fourth-order valence-electron chi connectivity index (χ4n) is 1.76. The maximum absolute atomic E-state index is 13.7. The molecule has 0 aliphatic carbocycles. The molecular formula is C12H10ClFNNaO4. The largest absolute Gasteiger partial charge is 1.00 e. The second kappa shape index (κ2) is 6.30. The fourth-order valence-corrected chi connectivity index (χ4v) is 1.91. The van der Waals surface area contributed by atoms with Crippen molar-refractivity contribution in [3.8, 4) is 5.75 Å². The average Bonchev–Trinajstić information content (AvgIpc) is 2.60. The molecule has 1 unspecified atom stereocenters. The summed E-state index contributed by atoms with van der Waals surface area (Å²) in [5.41, 5.74) is -0.437. The number of carbonyl (C=O) groups is 2. The van der Waals surface area contributed by atoms with Crippen LogP contribution in [-0.2, 0) is 9.53 Å². The van der Waals surface area contributed by atoms with E-state index in [0.717, 1.165) is 12.1 Å². The van der Waals surface area contributed by atoms with Gasteiger partial charge in [-0.05, 0) is 18.1 Å². The molecule has 5 nitrogen and oxygen atoms in total. The first kappa shape index (κ1) is 17.2. The van der Waals surface area contributed by atoms with Gasteiger partial charge in [0.2, 0.25) is 0 Å². The number of hydrogen-bond donors (Lipinski definition) is 0. The Labute approximate surface area is 141 Å². The molecule has 1 saturated heterocycles. The molecule has 102 valence electrons. The zero-order valence-corrected chi connectivity index (χ0v) is 13.9. The summed E-state index contributed by atoms with van der Waals surface area (Å²) in [5.74, 6) is -2.55. The second-order valence-electron chi connectivity index (χ2n) is 4.46. The Morgan fingerprint density at radius 3 is 2.50 bits per heavy atom. The predicted octanol–water partition coefficient (Wildman–Crippen LogP) is -0.935. The SMILES string of the molecule is CC(C)C1OC(=O)N(c2cc([O-])c(Cl)cc2F)C1=O.[Na+]. The average molecular weight is 310 g/mol. The minimum atomic E-state index is -0.996. The van der Waals surface area contributed by atoms with Gasteiger partial charge in [0.25, 0.3) is 5.91 Å². The first-order valence-corrected chi connectivity index (χ1v) is 5.91. The van der Waals surface area contributed by atoms with Crippen LogP contribution in [-0.4, -0.2) is 18.1 Å². The van der Waals surface area contributed by atoms with Crippen molar-refractivity contribution in [3.63, 3.8) is 0 Å². The summed E-state index contributed by atoms with van der Waals surface area (Å²) in [5, 5.41) is 11.1. The number of imide groups is 1. The van der Waals surface area contributed by atoms with Gasteiger partial charge in [0.15, 0.2) is 6.10 Å². The van der Waals surface area contributed by atoms with Gasteiger partial charge >= 0.3 is 35.7 Å². The van der Waals surface area contributed by atoms with Crippen LogP contribution >= 0.6 is 11.6 Å². The third-order valence-electron chi connectivity index (χ3n) is 2.72. The van der Waals surface area contributed by atoms with Crippen LogP contribution < -0.4 is 39.6 Å². The Morgan fingerprint density at radius 1 is 1.40 bits per heavy atom. The summed E-state index contributed by atoms with van der Waals surface area (Å²) < 4.78 is 18.6. The molecule has 0 radical (unpaired) electrons. The Morgan fingerprint density at radius 2 is 2.00 bits per heavy atom. The van der Waals surface area contributed by atoms with Crippen molar-refractivity contribution in [2.45, 2.75) is 20.0 Å². The van der Waals surface area contributed by atoms with Gasteiger partial charge in [-0.3, -0.25) is 4.79 Å². The molecule has 2 rings (SSSR count). The van der Waals surface area contributed by atoms with Crippen molar-refractivity contribution in [3.05, 3.63) is 23.0 Å². The van der Waals surface area contributed by atoms with E-state index in [-0.39, 0.29) is 40.5 Å². The number of nitrogens with zero attached hydrogens (tertiary/aromatic N) is 1. The molecule has 0 aromatic heterocycles. The van der Waals surface area contributed by atoms with Crippen LogP contribution in [0.5, 0.6) is 5.75 Å². The molecule has 20 heavy (non-hydrogen) atoms. The van der Waals surface area contributed by atoms with E-state index in [1.165, 1.54) is 0 Å². The molecule has 0 saturated carbocycles. The van der Waals surface area contributed by atoms with Gasteiger partial charge in [-0.15, -0.1) is 0 Å². The van der Waals surface area contributed by atoms with Gasteiger partial charge in [-0.2, -0.15) is 0 Å². The van der Waals surface area contributed by atoms with Gasteiger partial charge in [0.1, 0.15) is 5.82 Å². The Kier molecular flexibility index (Phi) is 5.43. The number of benzene rings is 1. The molecule has 0 spiro atoms. The van der Waals surface area contributed by atoms with E-state index in [1.54, 1.807) is 13.8 Å².